The average Bonchev–Trinajstić information content (AvgIpc) is 2.50. The highest BCUT2D eigenvalue weighted by atomic mass is 29.9. The number of rotatable bonds is 8. The van der Waals surface area contributed by atoms with Crippen LogP contribution in [0.4, 0.5) is 4.79 Å². The molecule has 148 valence electrons. The highest BCUT2D eigenvalue weighted by Crippen LogP contribution is 2.44. The average molecular weight is 417 g/mol. The quantitative estimate of drug-likeness (QED) is 0.402. The van der Waals surface area contributed by atoms with Crippen LogP contribution in [0, 0.1) is 0 Å². The zero-order valence-corrected chi connectivity index (χ0v) is 22.6. The standard InChI is InChI=1S/C19H44O2Si4/c1-10-24(11-2,12-3)25(22(4,5)6,23(7,8)9)19(20)21-18-16-14-13-15-17-18/h18H,10-17H2,1-9H3. The van der Waals surface area contributed by atoms with Gasteiger partial charge in [0.05, 0.1) is 7.59 Å². The van der Waals surface area contributed by atoms with Gasteiger partial charge in [0.15, 0.2) is 6.63 Å². The molecule has 0 aromatic carbocycles. The predicted octanol–water partition coefficient (Wildman–Crippen LogP) is 6.91. The zero-order valence-electron chi connectivity index (χ0n) is 18.6. The predicted molar refractivity (Wildman–Crippen MR) is 123 cm³/mol. The molecule has 0 heterocycles. The van der Waals surface area contributed by atoms with Gasteiger partial charge in [-0.1, -0.05) is 84.6 Å². The molecular formula is C19H44O2Si4. The van der Waals surface area contributed by atoms with E-state index >= 15 is 0 Å². The van der Waals surface area contributed by atoms with Crippen LogP contribution in [0.3, 0.4) is 0 Å². The number of hydrogen-bond acceptors (Lipinski definition) is 2. The van der Waals surface area contributed by atoms with Crippen LogP contribution in [0.15, 0.2) is 0 Å². The van der Waals surface area contributed by atoms with E-state index in [1.165, 1.54) is 37.4 Å². The molecule has 0 bridgehead atoms. The van der Waals surface area contributed by atoms with Crippen molar-refractivity contribution in [1.29, 1.82) is 0 Å². The first-order chi connectivity index (χ1) is 11.4. The molecule has 1 aliphatic carbocycles. The molecule has 1 fully saturated rings. The van der Waals surface area contributed by atoms with Gasteiger partial charge in [0, 0.05) is 15.2 Å². The zero-order chi connectivity index (χ0) is 19.5. The largest absolute Gasteiger partial charge is 0.467 e. The summed E-state index contributed by atoms with van der Waals surface area (Å²) in [5.74, 6) is 0. The van der Waals surface area contributed by atoms with Crippen molar-refractivity contribution in [3.8, 4) is 0 Å². The van der Waals surface area contributed by atoms with Gasteiger partial charge in [0.2, 0.25) is 0 Å². The van der Waals surface area contributed by atoms with Crippen molar-refractivity contribution < 1.29 is 9.53 Å². The van der Waals surface area contributed by atoms with Crippen molar-refractivity contribution in [2.75, 3.05) is 0 Å². The Hall–Kier alpha value is 0.338. The minimum Gasteiger partial charge on any atom is -0.467 e. The molecule has 0 aliphatic heterocycles. The van der Waals surface area contributed by atoms with Gasteiger partial charge in [-0.15, -0.1) is 0 Å². The van der Waals surface area contributed by atoms with Crippen LogP contribution in [0.5, 0.6) is 0 Å². The lowest BCUT2D eigenvalue weighted by atomic mass is 9.98. The Kier molecular flexibility index (Phi) is 8.01. The summed E-state index contributed by atoms with van der Waals surface area (Å²) in [4.78, 5) is 14.1. The van der Waals surface area contributed by atoms with E-state index in [1.54, 1.807) is 0 Å². The summed E-state index contributed by atoms with van der Waals surface area (Å²) in [6, 6.07) is 3.83. The second-order valence-corrected chi connectivity index (χ2v) is 49.3. The minimum atomic E-state index is -2.11. The fourth-order valence-electron chi connectivity index (χ4n) is 6.51. The minimum absolute atomic E-state index is 0.220. The summed E-state index contributed by atoms with van der Waals surface area (Å²) in [5.41, 5.74) is 0.384. The van der Waals surface area contributed by atoms with Crippen LogP contribution < -0.4 is 0 Å². The molecule has 2 nitrogen and oxygen atoms in total. The van der Waals surface area contributed by atoms with Crippen molar-refractivity contribution in [3.63, 3.8) is 0 Å². The van der Waals surface area contributed by atoms with Gasteiger partial charge >= 0.3 is 0 Å². The van der Waals surface area contributed by atoms with Gasteiger partial charge in [-0.3, -0.25) is 4.79 Å². The molecular weight excluding hydrogens is 373 g/mol. The van der Waals surface area contributed by atoms with Crippen LogP contribution in [0.2, 0.25) is 57.4 Å². The lowest BCUT2D eigenvalue weighted by molar-refractivity contribution is 0.0943. The summed E-state index contributed by atoms with van der Waals surface area (Å²) >= 11 is 0. The molecule has 0 N–H and O–H groups in total. The molecule has 1 saturated carbocycles. The van der Waals surface area contributed by atoms with Crippen molar-refractivity contribution in [3.05, 3.63) is 0 Å². The summed E-state index contributed by atoms with van der Waals surface area (Å²) in [5, 5.41) is 0. The van der Waals surface area contributed by atoms with Gasteiger partial charge in [0.25, 0.3) is 5.59 Å². The normalized spacial score (nSPS) is 18.3. The molecule has 0 saturated heterocycles. The monoisotopic (exact) mass is 416 g/mol. The third kappa shape index (κ3) is 4.11. The van der Waals surface area contributed by atoms with Crippen LogP contribution in [0.1, 0.15) is 52.9 Å². The lowest BCUT2D eigenvalue weighted by Crippen LogP contribution is -2.88. The van der Waals surface area contributed by atoms with E-state index in [0.29, 0.717) is 5.59 Å². The Morgan fingerprint density at radius 3 is 1.52 bits per heavy atom. The number of ether oxygens (including phenoxy) is 1. The molecule has 0 radical (unpaired) electrons. The first-order valence-electron chi connectivity index (χ1n) is 10.6. The molecule has 1 rings (SSSR count). The Morgan fingerprint density at radius 2 is 1.20 bits per heavy atom. The highest BCUT2D eigenvalue weighted by Gasteiger charge is 2.71. The van der Waals surface area contributed by atoms with E-state index < -0.39 is 29.4 Å². The van der Waals surface area contributed by atoms with Crippen LogP contribution in [0.25, 0.3) is 0 Å². The summed E-state index contributed by atoms with van der Waals surface area (Å²) in [6.45, 7) is 20.2. The molecule has 0 spiro atoms. The molecule has 0 atom stereocenters. The SMILES string of the molecule is CC[Si](CC)(CC)[Si](C(=O)OC1CCCCC1)([Si](C)(C)C)[Si](C)(C)C. The third-order valence-electron chi connectivity index (χ3n) is 7.21. The first kappa shape index (κ1) is 23.4. The number of carbonyl (C=O) groups is 1. The molecule has 25 heavy (non-hydrogen) atoms. The van der Waals surface area contributed by atoms with Gasteiger partial charge < -0.3 is 4.74 Å². The van der Waals surface area contributed by atoms with Crippen LogP contribution >= 0.6 is 0 Å². The molecule has 0 amide bonds. The smallest absolute Gasteiger partial charge is 0.264 e. The van der Waals surface area contributed by atoms with Crippen LogP contribution in [-0.4, -0.2) is 41.1 Å². The second-order valence-electron chi connectivity index (χ2n) is 10.3. The van der Waals surface area contributed by atoms with Gasteiger partial charge in [-0.2, -0.15) is 0 Å². The Morgan fingerprint density at radius 1 is 0.800 bits per heavy atom. The fourth-order valence-corrected chi connectivity index (χ4v) is 102. The molecule has 0 unspecified atom stereocenters. The van der Waals surface area contributed by atoms with Crippen molar-refractivity contribution in [1.82, 2.24) is 0 Å². The van der Waals surface area contributed by atoms with E-state index in [1.807, 2.05) is 0 Å². The number of carbonyl (C=O) groups excluding carboxylic acids is 1. The molecule has 0 aromatic rings. The molecule has 1 aliphatic rings. The van der Waals surface area contributed by atoms with Gasteiger partial charge in [0.1, 0.15) is 6.10 Å². The molecule has 6 heteroatoms. The summed E-state index contributed by atoms with van der Waals surface area (Å²) in [6.07, 6.45) is 6.22. The van der Waals surface area contributed by atoms with E-state index in [0.717, 1.165) is 12.8 Å². The first-order valence-corrected chi connectivity index (χ1v) is 25.3. The maximum absolute atomic E-state index is 14.1. The number of hydrogen-bond donors (Lipinski definition) is 0. The summed E-state index contributed by atoms with van der Waals surface area (Å²) < 4.78 is 6.45. The maximum Gasteiger partial charge on any atom is 0.264 e. The fraction of sp³-hybridized carbons (Fsp3) is 0.947. The van der Waals surface area contributed by atoms with E-state index in [-0.39, 0.29) is 6.10 Å². The Bertz CT molecular complexity index is 419. The van der Waals surface area contributed by atoms with Crippen molar-refractivity contribution in [2.24, 2.45) is 0 Å². The van der Waals surface area contributed by atoms with E-state index in [9.17, 15) is 4.79 Å². The van der Waals surface area contributed by atoms with Gasteiger partial charge in [-0.25, -0.2) is 0 Å². The highest BCUT2D eigenvalue weighted by molar-refractivity contribution is 7.97. The van der Waals surface area contributed by atoms with Crippen molar-refractivity contribution >= 4 is 35.0 Å². The molecule has 0 aromatic heterocycles. The third-order valence-corrected chi connectivity index (χ3v) is 77.9. The second kappa shape index (κ2) is 8.57. The van der Waals surface area contributed by atoms with Crippen LogP contribution in [-0.2, 0) is 4.74 Å². The topological polar surface area (TPSA) is 26.3 Å². The van der Waals surface area contributed by atoms with Gasteiger partial charge in [-0.05, 0) is 25.7 Å². The van der Waals surface area contributed by atoms with E-state index in [4.69, 9.17) is 4.74 Å². The Balaban J connectivity index is 3.51. The lowest BCUT2D eigenvalue weighted by Gasteiger charge is -2.57. The van der Waals surface area contributed by atoms with E-state index in [2.05, 4.69) is 60.1 Å². The maximum atomic E-state index is 14.1. The summed E-state index contributed by atoms with van der Waals surface area (Å²) in [7, 11) is -4.89. The Labute approximate surface area is 160 Å². The van der Waals surface area contributed by atoms with Crippen molar-refractivity contribution in [2.45, 2.75) is 116 Å².